The van der Waals surface area contributed by atoms with E-state index >= 15 is 0 Å². The molecule has 0 aliphatic heterocycles. The van der Waals surface area contributed by atoms with Crippen LogP contribution in [0.5, 0.6) is 0 Å². The van der Waals surface area contributed by atoms with Crippen LogP contribution in [0.2, 0.25) is 0 Å². The van der Waals surface area contributed by atoms with Crippen LogP contribution in [0.15, 0.2) is 48.5 Å². The fourth-order valence-corrected chi connectivity index (χ4v) is 2.45. The predicted octanol–water partition coefficient (Wildman–Crippen LogP) is 3.91. The van der Waals surface area contributed by atoms with Gasteiger partial charge >= 0.3 is 0 Å². The first kappa shape index (κ1) is 13.4. The molecule has 0 saturated carbocycles. The van der Waals surface area contributed by atoms with Crippen molar-refractivity contribution in [2.45, 2.75) is 19.8 Å². The molecule has 3 rings (SSSR count). The van der Waals surface area contributed by atoms with Crippen LogP contribution in [-0.2, 0) is 6.42 Å². The molecule has 0 saturated heterocycles. The number of para-hydroxylation sites is 2. The Bertz CT molecular complexity index is 768. The number of hydrogen-bond acceptors (Lipinski definition) is 4. The molecule has 0 fully saturated rings. The van der Waals surface area contributed by atoms with Gasteiger partial charge in [0.15, 0.2) is 0 Å². The second-order valence-corrected chi connectivity index (χ2v) is 4.98. The Balaban J connectivity index is 2.06. The van der Waals surface area contributed by atoms with Crippen molar-refractivity contribution in [2.75, 3.05) is 11.1 Å². The summed E-state index contributed by atoms with van der Waals surface area (Å²) in [6.45, 7) is 2.18. The van der Waals surface area contributed by atoms with Gasteiger partial charge in [0.05, 0.1) is 5.52 Å². The lowest BCUT2D eigenvalue weighted by atomic mass is 10.1. The van der Waals surface area contributed by atoms with Crippen molar-refractivity contribution < 1.29 is 0 Å². The highest BCUT2D eigenvalue weighted by Gasteiger charge is 2.08. The van der Waals surface area contributed by atoms with Crippen molar-refractivity contribution in [1.29, 1.82) is 0 Å². The van der Waals surface area contributed by atoms with Crippen LogP contribution in [0.25, 0.3) is 10.9 Å². The van der Waals surface area contributed by atoms with Gasteiger partial charge in [-0.05, 0) is 30.2 Å². The lowest BCUT2D eigenvalue weighted by molar-refractivity contribution is 0.923. The van der Waals surface area contributed by atoms with Crippen molar-refractivity contribution in [3.63, 3.8) is 0 Å². The summed E-state index contributed by atoms with van der Waals surface area (Å²) < 4.78 is 0. The molecule has 0 unspecified atom stereocenters. The highest BCUT2D eigenvalue weighted by atomic mass is 15.1. The van der Waals surface area contributed by atoms with Gasteiger partial charge in [0, 0.05) is 11.1 Å². The second kappa shape index (κ2) is 5.79. The largest absolute Gasteiger partial charge is 0.368 e. The van der Waals surface area contributed by atoms with Gasteiger partial charge in [-0.1, -0.05) is 43.7 Å². The zero-order chi connectivity index (χ0) is 14.7. The van der Waals surface area contributed by atoms with E-state index in [1.165, 1.54) is 5.56 Å². The summed E-state index contributed by atoms with van der Waals surface area (Å²) in [6, 6.07) is 16.2. The van der Waals surface area contributed by atoms with E-state index in [1.54, 1.807) is 0 Å². The van der Waals surface area contributed by atoms with Gasteiger partial charge in [-0.25, -0.2) is 4.98 Å². The number of aryl methyl sites for hydroxylation is 1. The van der Waals surface area contributed by atoms with Gasteiger partial charge in [-0.2, -0.15) is 4.98 Å². The number of nitrogens with one attached hydrogen (secondary N) is 1. The average Bonchev–Trinajstić information content (AvgIpc) is 2.49. The lowest BCUT2D eigenvalue weighted by Crippen LogP contribution is -2.03. The molecular formula is C17H18N4. The predicted molar refractivity (Wildman–Crippen MR) is 87.7 cm³/mol. The third-order valence-corrected chi connectivity index (χ3v) is 3.41. The molecule has 0 amide bonds. The monoisotopic (exact) mass is 278 g/mol. The van der Waals surface area contributed by atoms with Crippen LogP contribution >= 0.6 is 0 Å². The summed E-state index contributed by atoms with van der Waals surface area (Å²) in [4.78, 5) is 8.62. The number of nitrogen functional groups attached to an aromatic ring is 1. The molecule has 3 N–H and O–H groups in total. The van der Waals surface area contributed by atoms with Crippen molar-refractivity contribution >= 4 is 28.4 Å². The summed E-state index contributed by atoms with van der Waals surface area (Å²) in [5.74, 6) is 1.03. The Kier molecular flexibility index (Phi) is 3.69. The molecule has 2 aromatic carbocycles. The molecule has 3 aromatic rings. The first-order valence-electron chi connectivity index (χ1n) is 7.15. The van der Waals surface area contributed by atoms with Gasteiger partial charge in [-0.15, -0.1) is 0 Å². The smallest absolute Gasteiger partial charge is 0.222 e. The summed E-state index contributed by atoms with van der Waals surface area (Å²) >= 11 is 0. The topological polar surface area (TPSA) is 63.8 Å². The maximum Gasteiger partial charge on any atom is 0.222 e. The Labute approximate surface area is 124 Å². The normalized spacial score (nSPS) is 10.7. The molecule has 0 aliphatic rings. The molecule has 4 nitrogen and oxygen atoms in total. The maximum atomic E-state index is 5.81. The quantitative estimate of drug-likeness (QED) is 0.759. The number of rotatable bonds is 4. The summed E-state index contributed by atoms with van der Waals surface area (Å²) in [5, 5.41) is 4.38. The number of anilines is 3. The van der Waals surface area contributed by atoms with E-state index in [-0.39, 0.29) is 5.95 Å². The average molecular weight is 278 g/mol. The lowest BCUT2D eigenvalue weighted by Gasteiger charge is -2.13. The fraction of sp³-hybridized carbons (Fsp3) is 0.176. The molecule has 0 aliphatic carbocycles. The van der Waals surface area contributed by atoms with E-state index in [2.05, 4.69) is 40.4 Å². The zero-order valence-corrected chi connectivity index (χ0v) is 12.0. The number of benzene rings is 2. The first-order valence-corrected chi connectivity index (χ1v) is 7.15. The molecule has 0 atom stereocenters. The fourth-order valence-electron chi connectivity index (χ4n) is 2.45. The molecule has 1 heterocycles. The third-order valence-electron chi connectivity index (χ3n) is 3.41. The number of nitrogens with two attached hydrogens (primary N) is 1. The molecule has 106 valence electrons. The minimum atomic E-state index is 0.282. The van der Waals surface area contributed by atoms with Gasteiger partial charge in [0.1, 0.15) is 5.82 Å². The van der Waals surface area contributed by atoms with Crippen LogP contribution in [0, 0.1) is 0 Å². The van der Waals surface area contributed by atoms with Crippen molar-refractivity contribution in [2.24, 2.45) is 0 Å². The standard InChI is InChI=1S/C17H18N4/c1-2-7-12-8-3-5-10-14(12)19-16-13-9-4-6-11-15(13)20-17(18)21-16/h3-6,8-11H,2,7H2,1H3,(H3,18,19,20,21). The Morgan fingerprint density at radius 2 is 1.76 bits per heavy atom. The molecule has 0 spiro atoms. The summed E-state index contributed by atoms with van der Waals surface area (Å²) in [5.41, 5.74) is 9.01. The van der Waals surface area contributed by atoms with Gasteiger partial charge in [0.2, 0.25) is 5.95 Å². The number of fused-ring (bicyclic) bond motifs is 1. The molecule has 4 heteroatoms. The van der Waals surface area contributed by atoms with Crippen molar-refractivity contribution in [3.8, 4) is 0 Å². The van der Waals surface area contributed by atoms with E-state index in [4.69, 9.17) is 5.73 Å². The first-order chi connectivity index (χ1) is 10.3. The van der Waals surface area contributed by atoms with Gasteiger partial charge in [-0.3, -0.25) is 0 Å². The zero-order valence-electron chi connectivity index (χ0n) is 12.0. The van der Waals surface area contributed by atoms with Crippen molar-refractivity contribution in [1.82, 2.24) is 9.97 Å². The summed E-state index contributed by atoms with van der Waals surface area (Å²) in [6.07, 6.45) is 2.13. The minimum Gasteiger partial charge on any atom is -0.368 e. The number of hydrogen-bond donors (Lipinski definition) is 2. The van der Waals surface area contributed by atoms with E-state index in [0.29, 0.717) is 0 Å². The van der Waals surface area contributed by atoms with E-state index in [0.717, 1.165) is 35.2 Å². The minimum absolute atomic E-state index is 0.282. The SMILES string of the molecule is CCCc1ccccc1Nc1nc(N)nc2ccccc12. The van der Waals surface area contributed by atoms with Crippen LogP contribution in [0.1, 0.15) is 18.9 Å². The number of nitrogens with zero attached hydrogens (tertiary/aromatic N) is 2. The van der Waals surface area contributed by atoms with Gasteiger partial charge in [0.25, 0.3) is 0 Å². The Morgan fingerprint density at radius 3 is 2.62 bits per heavy atom. The van der Waals surface area contributed by atoms with E-state index in [9.17, 15) is 0 Å². The Hall–Kier alpha value is -2.62. The molecule has 0 bridgehead atoms. The molecule has 0 radical (unpaired) electrons. The van der Waals surface area contributed by atoms with Crippen LogP contribution < -0.4 is 11.1 Å². The highest BCUT2D eigenvalue weighted by Crippen LogP contribution is 2.26. The van der Waals surface area contributed by atoms with E-state index < -0.39 is 0 Å². The van der Waals surface area contributed by atoms with Crippen LogP contribution in [-0.4, -0.2) is 9.97 Å². The highest BCUT2D eigenvalue weighted by molar-refractivity contribution is 5.91. The Morgan fingerprint density at radius 1 is 1.00 bits per heavy atom. The molecular weight excluding hydrogens is 260 g/mol. The maximum absolute atomic E-state index is 5.81. The number of aromatic nitrogens is 2. The van der Waals surface area contributed by atoms with Crippen LogP contribution in [0.3, 0.4) is 0 Å². The third kappa shape index (κ3) is 2.79. The van der Waals surface area contributed by atoms with Crippen molar-refractivity contribution in [3.05, 3.63) is 54.1 Å². The molecule has 21 heavy (non-hydrogen) atoms. The second-order valence-electron chi connectivity index (χ2n) is 4.98. The van der Waals surface area contributed by atoms with E-state index in [1.807, 2.05) is 30.3 Å². The van der Waals surface area contributed by atoms with Crippen LogP contribution in [0.4, 0.5) is 17.5 Å². The molecule has 1 aromatic heterocycles. The van der Waals surface area contributed by atoms with Gasteiger partial charge < -0.3 is 11.1 Å². The summed E-state index contributed by atoms with van der Waals surface area (Å²) in [7, 11) is 0.